The summed E-state index contributed by atoms with van der Waals surface area (Å²) in [4.78, 5) is 10.6. The Bertz CT molecular complexity index is 209. The molecule has 1 aliphatic carbocycles. The summed E-state index contributed by atoms with van der Waals surface area (Å²) >= 11 is 1.89. The third-order valence-corrected chi connectivity index (χ3v) is 3.98. The lowest BCUT2D eigenvalue weighted by Crippen LogP contribution is -2.11. The average molecular weight is 214 g/mol. The Morgan fingerprint density at radius 1 is 1.57 bits per heavy atom. The van der Waals surface area contributed by atoms with Crippen LogP contribution in [0.4, 0.5) is 0 Å². The van der Waals surface area contributed by atoms with Gasteiger partial charge in [-0.25, -0.2) is 0 Å². The van der Waals surface area contributed by atoms with Gasteiger partial charge in [0, 0.05) is 0 Å². The molecule has 0 aromatic heterocycles. The molecule has 1 aliphatic rings. The number of rotatable bonds is 8. The van der Waals surface area contributed by atoms with Gasteiger partial charge in [-0.3, -0.25) is 4.79 Å². The zero-order chi connectivity index (χ0) is 10.4. The van der Waals surface area contributed by atoms with Gasteiger partial charge in [0.25, 0.3) is 0 Å². The fourth-order valence-corrected chi connectivity index (χ4v) is 2.83. The minimum absolute atomic E-state index is 0.157. The van der Waals surface area contributed by atoms with Crippen LogP contribution in [0.25, 0.3) is 0 Å². The molecule has 1 N–H and O–H groups in total. The SMILES string of the molecule is C=CCCCSCC1(CC(=O)O)CC1. The van der Waals surface area contributed by atoms with Crippen LogP contribution in [0.15, 0.2) is 12.7 Å². The van der Waals surface area contributed by atoms with Crippen molar-refractivity contribution in [1.82, 2.24) is 0 Å². The normalized spacial score (nSPS) is 17.7. The molecule has 80 valence electrons. The van der Waals surface area contributed by atoms with Crippen molar-refractivity contribution in [1.29, 1.82) is 0 Å². The van der Waals surface area contributed by atoms with Crippen molar-refractivity contribution in [3.05, 3.63) is 12.7 Å². The van der Waals surface area contributed by atoms with Gasteiger partial charge >= 0.3 is 5.97 Å². The zero-order valence-corrected chi connectivity index (χ0v) is 9.31. The molecular weight excluding hydrogens is 196 g/mol. The van der Waals surface area contributed by atoms with E-state index in [9.17, 15) is 4.79 Å². The first-order chi connectivity index (χ1) is 6.68. The number of hydrogen-bond donors (Lipinski definition) is 1. The van der Waals surface area contributed by atoms with Gasteiger partial charge in [-0.15, -0.1) is 6.58 Å². The molecular formula is C11H18O2S. The number of carbonyl (C=O) groups is 1. The highest BCUT2D eigenvalue weighted by molar-refractivity contribution is 7.99. The molecule has 2 nitrogen and oxygen atoms in total. The van der Waals surface area contributed by atoms with E-state index in [2.05, 4.69) is 6.58 Å². The minimum atomic E-state index is -0.644. The molecule has 0 amide bonds. The maximum Gasteiger partial charge on any atom is 0.303 e. The van der Waals surface area contributed by atoms with E-state index in [0.29, 0.717) is 6.42 Å². The molecule has 0 saturated heterocycles. The maximum atomic E-state index is 10.6. The number of unbranched alkanes of at least 4 members (excludes halogenated alkanes) is 1. The summed E-state index contributed by atoms with van der Waals surface area (Å²) < 4.78 is 0. The highest BCUT2D eigenvalue weighted by Gasteiger charge is 2.43. The van der Waals surface area contributed by atoms with Gasteiger partial charge in [0.15, 0.2) is 0 Å². The summed E-state index contributed by atoms with van der Waals surface area (Å²) in [6, 6.07) is 0. The van der Waals surface area contributed by atoms with E-state index in [1.807, 2.05) is 17.8 Å². The van der Waals surface area contributed by atoms with Crippen molar-refractivity contribution < 1.29 is 9.90 Å². The third-order valence-electron chi connectivity index (χ3n) is 2.59. The third kappa shape index (κ3) is 4.18. The second-order valence-electron chi connectivity index (χ2n) is 4.05. The topological polar surface area (TPSA) is 37.3 Å². The first-order valence-electron chi connectivity index (χ1n) is 5.09. The van der Waals surface area contributed by atoms with Crippen molar-refractivity contribution >= 4 is 17.7 Å². The Morgan fingerprint density at radius 3 is 2.79 bits per heavy atom. The molecule has 3 heteroatoms. The van der Waals surface area contributed by atoms with Crippen molar-refractivity contribution in [3.63, 3.8) is 0 Å². The van der Waals surface area contributed by atoms with Crippen LogP contribution in [0, 0.1) is 5.41 Å². The Hall–Kier alpha value is -0.440. The molecule has 0 aliphatic heterocycles. The molecule has 0 radical (unpaired) electrons. The molecule has 0 aromatic rings. The van der Waals surface area contributed by atoms with Crippen LogP contribution in [-0.4, -0.2) is 22.6 Å². The number of carboxylic acid groups (broad SMARTS) is 1. The monoisotopic (exact) mass is 214 g/mol. The van der Waals surface area contributed by atoms with E-state index >= 15 is 0 Å². The number of carboxylic acids is 1. The Kier molecular flexibility index (Phi) is 4.52. The number of aliphatic carboxylic acids is 1. The lowest BCUT2D eigenvalue weighted by Gasteiger charge is -2.10. The summed E-state index contributed by atoms with van der Waals surface area (Å²) in [7, 11) is 0. The molecule has 0 bridgehead atoms. The smallest absolute Gasteiger partial charge is 0.303 e. The van der Waals surface area contributed by atoms with Crippen LogP contribution in [-0.2, 0) is 4.79 Å². The zero-order valence-electron chi connectivity index (χ0n) is 8.50. The van der Waals surface area contributed by atoms with E-state index in [1.54, 1.807) is 0 Å². The number of thioether (sulfide) groups is 1. The second kappa shape index (κ2) is 5.44. The van der Waals surface area contributed by atoms with Crippen molar-refractivity contribution in [3.8, 4) is 0 Å². The molecule has 0 atom stereocenters. The molecule has 1 fully saturated rings. The van der Waals surface area contributed by atoms with E-state index in [1.165, 1.54) is 0 Å². The van der Waals surface area contributed by atoms with Gasteiger partial charge < -0.3 is 5.11 Å². The largest absolute Gasteiger partial charge is 0.481 e. The van der Waals surface area contributed by atoms with Crippen LogP contribution in [0.1, 0.15) is 32.1 Å². The minimum Gasteiger partial charge on any atom is -0.481 e. The predicted octanol–water partition coefficient (Wildman–Crippen LogP) is 2.94. The highest BCUT2D eigenvalue weighted by Crippen LogP contribution is 2.51. The van der Waals surface area contributed by atoms with Crippen molar-refractivity contribution in [2.45, 2.75) is 32.1 Å². The summed E-state index contributed by atoms with van der Waals surface area (Å²) in [5.74, 6) is 1.51. The summed E-state index contributed by atoms with van der Waals surface area (Å²) in [6.45, 7) is 3.67. The van der Waals surface area contributed by atoms with Crippen LogP contribution < -0.4 is 0 Å². The predicted molar refractivity (Wildman–Crippen MR) is 60.7 cm³/mol. The fourth-order valence-electron chi connectivity index (χ4n) is 1.49. The molecule has 1 saturated carbocycles. The van der Waals surface area contributed by atoms with E-state index in [4.69, 9.17) is 5.11 Å². The van der Waals surface area contributed by atoms with Crippen LogP contribution in [0.2, 0.25) is 0 Å². The summed E-state index contributed by atoms with van der Waals surface area (Å²) in [5, 5.41) is 8.71. The Labute approximate surface area is 89.8 Å². The average Bonchev–Trinajstić information content (AvgIpc) is 2.84. The number of allylic oxidation sites excluding steroid dienone is 1. The molecule has 0 heterocycles. The molecule has 1 rings (SSSR count). The Balaban J connectivity index is 2.05. The number of hydrogen-bond acceptors (Lipinski definition) is 2. The highest BCUT2D eigenvalue weighted by atomic mass is 32.2. The molecule has 0 aromatic carbocycles. The molecule has 0 unspecified atom stereocenters. The molecule has 14 heavy (non-hydrogen) atoms. The second-order valence-corrected chi connectivity index (χ2v) is 5.16. The van der Waals surface area contributed by atoms with Crippen LogP contribution in [0.3, 0.4) is 0 Å². The lowest BCUT2D eigenvalue weighted by atomic mass is 10.1. The standard InChI is InChI=1S/C11H18O2S/c1-2-3-4-7-14-9-11(5-6-11)8-10(12)13/h2H,1,3-9H2,(H,12,13). The molecule has 0 spiro atoms. The van der Waals surface area contributed by atoms with Gasteiger partial charge in [-0.2, -0.15) is 11.8 Å². The van der Waals surface area contributed by atoms with E-state index in [0.717, 1.165) is 37.2 Å². The van der Waals surface area contributed by atoms with Crippen molar-refractivity contribution in [2.75, 3.05) is 11.5 Å². The lowest BCUT2D eigenvalue weighted by molar-refractivity contribution is -0.138. The maximum absolute atomic E-state index is 10.6. The Morgan fingerprint density at radius 2 is 2.29 bits per heavy atom. The van der Waals surface area contributed by atoms with Crippen molar-refractivity contribution in [2.24, 2.45) is 5.41 Å². The van der Waals surface area contributed by atoms with Gasteiger partial charge in [0.1, 0.15) is 0 Å². The van der Waals surface area contributed by atoms with Gasteiger partial charge in [0.05, 0.1) is 6.42 Å². The quantitative estimate of drug-likeness (QED) is 0.498. The first kappa shape index (κ1) is 11.6. The van der Waals surface area contributed by atoms with Crippen LogP contribution >= 0.6 is 11.8 Å². The summed E-state index contributed by atoms with van der Waals surface area (Å²) in [5.41, 5.74) is 0.157. The van der Waals surface area contributed by atoms with Gasteiger partial charge in [0.2, 0.25) is 0 Å². The fraction of sp³-hybridized carbons (Fsp3) is 0.727. The first-order valence-corrected chi connectivity index (χ1v) is 6.24. The van der Waals surface area contributed by atoms with E-state index < -0.39 is 5.97 Å². The van der Waals surface area contributed by atoms with Crippen LogP contribution in [0.5, 0.6) is 0 Å². The summed E-state index contributed by atoms with van der Waals surface area (Å²) in [6.07, 6.45) is 6.74. The van der Waals surface area contributed by atoms with Gasteiger partial charge in [-0.05, 0) is 42.6 Å². The van der Waals surface area contributed by atoms with Gasteiger partial charge in [-0.1, -0.05) is 6.08 Å². The van der Waals surface area contributed by atoms with E-state index in [-0.39, 0.29) is 5.41 Å².